The first-order valence-electron chi connectivity index (χ1n) is 12.9. The molecule has 0 radical (unpaired) electrons. The maximum atomic E-state index is 13.3. The number of ether oxygens (including phenoxy) is 1. The van der Waals surface area contributed by atoms with E-state index < -0.39 is 0 Å². The number of benzene rings is 1. The summed E-state index contributed by atoms with van der Waals surface area (Å²) in [7, 11) is 0. The third kappa shape index (κ3) is 4.03. The molecule has 4 nitrogen and oxygen atoms in total. The largest absolute Gasteiger partial charge is 0.462 e. The second kappa shape index (κ2) is 9.43. The number of fused-ring (bicyclic) bond motifs is 2. The van der Waals surface area contributed by atoms with Crippen LogP contribution in [-0.2, 0) is 22.5 Å². The molecule has 1 saturated heterocycles. The molecular weight excluding hydrogens is 396 g/mol. The molecule has 3 atom stereocenters. The van der Waals surface area contributed by atoms with Gasteiger partial charge in [0.25, 0.3) is 0 Å². The molecule has 2 fully saturated rings. The fourth-order valence-electron chi connectivity index (χ4n) is 6.57. The van der Waals surface area contributed by atoms with Crippen LogP contribution in [0.4, 0.5) is 0 Å². The Bertz CT molecular complexity index is 969. The lowest BCUT2D eigenvalue weighted by molar-refractivity contribution is -0.157. The summed E-state index contributed by atoms with van der Waals surface area (Å²) < 4.78 is 8.53. The van der Waals surface area contributed by atoms with Crippen molar-refractivity contribution in [3.05, 3.63) is 48.2 Å². The summed E-state index contributed by atoms with van der Waals surface area (Å²) in [6, 6.07) is 7.22. The minimum Gasteiger partial charge on any atom is -0.462 e. The highest BCUT2D eigenvalue weighted by Gasteiger charge is 2.43. The van der Waals surface area contributed by atoms with Gasteiger partial charge in [-0.15, -0.1) is 6.58 Å². The average Bonchev–Trinajstić information content (AvgIpc) is 2.96. The predicted molar refractivity (Wildman–Crippen MR) is 130 cm³/mol. The Labute approximate surface area is 192 Å². The summed E-state index contributed by atoms with van der Waals surface area (Å²) in [4.78, 5) is 15.8. The number of aryl methyl sites for hydroxylation is 1. The van der Waals surface area contributed by atoms with Crippen molar-refractivity contribution in [1.82, 2.24) is 9.47 Å². The molecule has 2 aromatic rings. The molecule has 2 heterocycles. The van der Waals surface area contributed by atoms with E-state index in [2.05, 4.69) is 47.4 Å². The van der Waals surface area contributed by atoms with Crippen molar-refractivity contribution in [1.29, 1.82) is 0 Å². The molecule has 1 aromatic heterocycles. The number of carbonyl (C=O) groups excluding carboxylic acids is 1. The van der Waals surface area contributed by atoms with Gasteiger partial charge in [0.15, 0.2) is 0 Å². The SMILES string of the molecule is C=CCN1C[C@H](C(=O)OC2CCCCCC2)CC2c3cccc4c3c(cn4CCC)C[C@H]21. The van der Waals surface area contributed by atoms with Crippen molar-refractivity contribution in [2.75, 3.05) is 13.1 Å². The zero-order chi connectivity index (χ0) is 22.1. The molecular formula is C28H38N2O2. The zero-order valence-corrected chi connectivity index (χ0v) is 19.6. The van der Waals surface area contributed by atoms with Crippen molar-refractivity contribution >= 4 is 16.9 Å². The Morgan fingerprint density at radius 2 is 2.03 bits per heavy atom. The Morgan fingerprint density at radius 3 is 2.78 bits per heavy atom. The molecule has 5 rings (SSSR count). The fourth-order valence-corrected chi connectivity index (χ4v) is 6.57. The number of carbonyl (C=O) groups is 1. The van der Waals surface area contributed by atoms with Crippen LogP contribution in [-0.4, -0.2) is 40.7 Å². The number of piperidine rings is 1. The second-order valence-electron chi connectivity index (χ2n) is 10.2. The predicted octanol–water partition coefficient (Wildman–Crippen LogP) is 5.83. The van der Waals surface area contributed by atoms with Gasteiger partial charge in [-0.2, -0.15) is 0 Å². The van der Waals surface area contributed by atoms with E-state index in [1.807, 2.05) is 6.08 Å². The van der Waals surface area contributed by atoms with E-state index >= 15 is 0 Å². The second-order valence-corrected chi connectivity index (χ2v) is 10.2. The maximum Gasteiger partial charge on any atom is 0.310 e. The number of rotatable bonds is 6. The third-order valence-electron chi connectivity index (χ3n) is 8.02. The fraction of sp³-hybridized carbons (Fsp3) is 0.607. The molecule has 1 unspecified atom stereocenters. The summed E-state index contributed by atoms with van der Waals surface area (Å²) in [6.07, 6.45) is 14.6. The van der Waals surface area contributed by atoms with E-state index in [9.17, 15) is 4.79 Å². The van der Waals surface area contributed by atoms with E-state index in [4.69, 9.17) is 4.74 Å². The van der Waals surface area contributed by atoms with Crippen LogP contribution in [0, 0.1) is 5.92 Å². The smallest absolute Gasteiger partial charge is 0.310 e. The number of hydrogen-bond acceptors (Lipinski definition) is 3. The molecule has 0 amide bonds. The molecule has 1 saturated carbocycles. The number of hydrogen-bond donors (Lipinski definition) is 0. The highest BCUT2D eigenvalue weighted by Crippen LogP contribution is 2.45. The molecule has 0 spiro atoms. The Kier molecular flexibility index (Phi) is 6.41. The maximum absolute atomic E-state index is 13.3. The van der Waals surface area contributed by atoms with Crippen LogP contribution in [0.3, 0.4) is 0 Å². The average molecular weight is 435 g/mol. The van der Waals surface area contributed by atoms with Crippen molar-refractivity contribution in [2.45, 2.75) is 89.3 Å². The summed E-state index contributed by atoms with van der Waals surface area (Å²) in [6.45, 7) is 8.93. The Hall–Kier alpha value is -2.07. The first kappa shape index (κ1) is 21.8. The number of nitrogens with zero attached hydrogens (tertiary/aromatic N) is 2. The number of esters is 1. The Morgan fingerprint density at radius 1 is 1.22 bits per heavy atom. The summed E-state index contributed by atoms with van der Waals surface area (Å²) in [5.41, 5.74) is 4.26. The van der Waals surface area contributed by atoms with Gasteiger partial charge in [-0.1, -0.05) is 38.0 Å². The van der Waals surface area contributed by atoms with Crippen LogP contribution in [0.5, 0.6) is 0 Å². The monoisotopic (exact) mass is 434 g/mol. The molecule has 172 valence electrons. The van der Waals surface area contributed by atoms with E-state index in [1.54, 1.807) is 0 Å². The molecule has 1 aromatic carbocycles. The minimum atomic E-state index is -0.0472. The summed E-state index contributed by atoms with van der Waals surface area (Å²) >= 11 is 0. The number of aromatic nitrogens is 1. The van der Waals surface area contributed by atoms with Gasteiger partial charge < -0.3 is 9.30 Å². The van der Waals surface area contributed by atoms with Gasteiger partial charge in [0, 0.05) is 48.7 Å². The molecule has 1 aliphatic heterocycles. The molecule has 32 heavy (non-hydrogen) atoms. The quantitative estimate of drug-likeness (QED) is 0.326. The summed E-state index contributed by atoms with van der Waals surface area (Å²) in [5, 5.41) is 1.44. The minimum absolute atomic E-state index is 0.0333. The molecule has 0 N–H and O–H groups in total. The van der Waals surface area contributed by atoms with E-state index in [1.165, 1.54) is 47.7 Å². The van der Waals surface area contributed by atoms with Gasteiger partial charge in [-0.25, -0.2) is 0 Å². The standard InChI is InChI=1S/C28H38N2O2/c1-3-14-29-18-20-17-26-24(23-12-9-13-25(29)27(20)23)16-21(19-30(26)15-4-2)28(31)32-22-10-7-5-6-8-11-22/h4,9,12-13,18,21-22,24,26H,2-3,5-8,10-11,14-17,19H2,1H3/t21-,24?,26-/m1/s1. The van der Waals surface area contributed by atoms with Gasteiger partial charge in [0.2, 0.25) is 0 Å². The van der Waals surface area contributed by atoms with Crippen LogP contribution < -0.4 is 0 Å². The van der Waals surface area contributed by atoms with Crippen molar-refractivity contribution in [3.63, 3.8) is 0 Å². The van der Waals surface area contributed by atoms with Crippen molar-refractivity contribution in [2.24, 2.45) is 5.92 Å². The van der Waals surface area contributed by atoms with Crippen LogP contribution in [0.25, 0.3) is 10.9 Å². The summed E-state index contributed by atoms with van der Waals surface area (Å²) in [5.74, 6) is 0.365. The third-order valence-corrected chi connectivity index (χ3v) is 8.02. The first-order chi connectivity index (χ1) is 15.7. The van der Waals surface area contributed by atoms with E-state index in [0.29, 0.717) is 12.0 Å². The molecule has 0 bridgehead atoms. The van der Waals surface area contributed by atoms with Crippen LogP contribution in [0.15, 0.2) is 37.1 Å². The molecule has 4 heteroatoms. The van der Waals surface area contributed by atoms with Crippen LogP contribution in [0.1, 0.15) is 75.3 Å². The highest BCUT2D eigenvalue weighted by molar-refractivity contribution is 5.89. The lowest BCUT2D eigenvalue weighted by atomic mass is 9.72. The van der Waals surface area contributed by atoms with E-state index in [-0.39, 0.29) is 18.0 Å². The van der Waals surface area contributed by atoms with Crippen LogP contribution >= 0.6 is 0 Å². The first-order valence-corrected chi connectivity index (χ1v) is 12.9. The normalized spacial score (nSPS) is 26.5. The van der Waals surface area contributed by atoms with E-state index in [0.717, 1.165) is 51.7 Å². The van der Waals surface area contributed by atoms with Gasteiger partial charge >= 0.3 is 5.97 Å². The number of likely N-dealkylation sites (tertiary alicyclic amines) is 1. The molecule has 3 aliphatic rings. The van der Waals surface area contributed by atoms with Gasteiger partial charge in [-0.05, 0) is 62.1 Å². The zero-order valence-electron chi connectivity index (χ0n) is 19.6. The Balaban J connectivity index is 1.43. The van der Waals surface area contributed by atoms with Gasteiger partial charge in [0.05, 0.1) is 5.92 Å². The van der Waals surface area contributed by atoms with Crippen LogP contribution in [0.2, 0.25) is 0 Å². The topological polar surface area (TPSA) is 34.5 Å². The van der Waals surface area contributed by atoms with Gasteiger partial charge in [0.1, 0.15) is 6.10 Å². The van der Waals surface area contributed by atoms with Crippen molar-refractivity contribution < 1.29 is 9.53 Å². The van der Waals surface area contributed by atoms with Gasteiger partial charge in [-0.3, -0.25) is 9.69 Å². The lowest BCUT2D eigenvalue weighted by Gasteiger charge is -2.46. The molecule has 2 aliphatic carbocycles. The van der Waals surface area contributed by atoms with Crippen molar-refractivity contribution in [3.8, 4) is 0 Å². The lowest BCUT2D eigenvalue weighted by Crippen LogP contribution is -2.51. The highest BCUT2D eigenvalue weighted by atomic mass is 16.5.